The number of nitrogens with zero attached hydrogens (tertiary/aromatic N) is 2. The molecule has 2 aliphatic heterocycles. The van der Waals surface area contributed by atoms with Crippen molar-refractivity contribution >= 4 is 35.3 Å². The smallest absolute Gasteiger partial charge is 0.329 e. The molecular formula is C22H21FN4O3. The number of carbonyl (C=O) groups excluding carboxylic acids is 3. The molecule has 4 rings (SSSR count). The van der Waals surface area contributed by atoms with Gasteiger partial charge in [0.2, 0.25) is 5.91 Å². The van der Waals surface area contributed by atoms with Crippen LogP contribution in [0.2, 0.25) is 0 Å². The van der Waals surface area contributed by atoms with E-state index in [4.69, 9.17) is 0 Å². The lowest BCUT2D eigenvalue weighted by molar-refractivity contribution is -0.127. The summed E-state index contributed by atoms with van der Waals surface area (Å²) < 4.78 is 12.9. The number of amides is 4. The van der Waals surface area contributed by atoms with Crippen molar-refractivity contribution < 1.29 is 18.8 Å². The molecule has 0 unspecified atom stereocenters. The van der Waals surface area contributed by atoms with Crippen LogP contribution in [0.15, 0.2) is 54.2 Å². The Morgan fingerprint density at radius 1 is 1.03 bits per heavy atom. The van der Waals surface area contributed by atoms with E-state index in [2.05, 4.69) is 15.5 Å². The van der Waals surface area contributed by atoms with Gasteiger partial charge in [0, 0.05) is 24.5 Å². The number of urea groups is 1. The van der Waals surface area contributed by atoms with Gasteiger partial charge in [-0.2, -0.15) is 0 Å². The van der Waals surface area contributed by atoms with Crippen LogP contribution in [-0.2, 0) is 9.59 Å². The maximum Gasteiger partial charge on any atom is 0.329 e. The van der Waals surface area contributed by atoms with Crippen LogP contribution in [0.1, 0.15) is 18.4 Å². The molecule has 154 valence electrons. The molecule has 7 nitrogen and oxygen atoms in total. The topological polar surface area (TPSA) is 81.8 Å². The van der Waals surface area contributed by atoms with Gasteiger partial charge < -0.3 is 15.5 Å². The van der Waals surface area contributed by atoms with Gasteiger partial charge in [0.05, 0.1) is 0 Å². The highest BCUT2D eigenvalue weighted by atomic mass is 19.1. The Morgan fingerprint density at radius 3 is 2.37 bits per heavy atom. The third-order valence-electron chi connectivity index (χ3n) is 5.07. The van der Waals surface area contributed by atoms with Gasteiger partial charge >= 0.3 is 6.03 Å². The Morgan fingerprint density at radius 2 is 1.70 bits per heavy atom. The number of benzene rings is 2. The Labute approximate surface area is 173 Å². The quantitative estimate of drug-likeness (QED) is 0.589. The van der Waals surface area contributed by atoms with Crippen molar-refractivity contribution in [3.63, 3.8) is 0 Å². The Hall–Kier alpha value is -3.68. The number of nitrogens with one attached hydrogen (secondary N) is 2. The molecule has 0 atom stereocenters. The van der Waals surface area contributed by atoms with Crippen LogP contribution in [0, 0.1) is 5.82 Å². The van der Waals surface area contributed by atoms with Gasteiger partial charge in [-0.15, -0.1) is 0 Å². The minimum absolute atomic E-state index is 0.114. The average Bonchev–Trinajstić information content (AvgIpc) is 3.35. The summed E-state index contributed by atoms with van der Waals surface area (Å²) in [6, 6.07) is 12.3. The molecule has 0 radical (unpaired) electrons. The summed E-state index contributed by atoms with van der Waals surface area (Å²) in [6.07, 6.45) is 3.97. The van der Waals surface area contributed by atoms with Crippen LogP contribution in [0.25, 0.3) is 6.08 Å². The lowest BCUT2D eigenvalue weighted by Gasteiger charge is -2.17. The first kappa shape index (κ1) is 19.6. The molecule has 2 aromatic rings. The molecule has 2 saturated heterocycles. The van der Waals surface area contributed by atoms with E-state index in [1.165, 1.54) is 37.1 Å². The van der Waals surface area contributed by atoms with Crippen molar-refractivity contribution in [3.8, 4) is 0 Å². The number of anilines is 2. The van der Waals surface area contributed by atoms with E-state index in [9.17, 15) is 18.8 Å². The van der Waals surface area contributed by atoms with Gasteiger partial charge in [-0.3, -0.25) is 9.59 Å². The fourth-order valence-electron chi connectivity index (χ4n) is 3.52. The summed E-state index contributed by atoms with van der Waals surface area (Å²) >= 11 is 0. The second kappa shape index (κ2) is 8.36. The van der Waals surface area contributed by atoms with Crippen LogP contribution in [-0.4, -0.2) is 42.4 Å². The fraction of sp³-hybridized carbons (Fsp3) is 0.227. The number of hydrogen-bond acceptors (Lipinski definition) is 4. The first-order valence-corrected chi connectivity index (χ1v) is 9.74. The third kappa shape index (κ3) is 4.32. The van der Waals surface area contributed by atoms with Crippen molar-refractivity contribution in [2.24, 2.45) is 0 Å². The highest BCUT2D eigenvalue weighted by Gasteiger charge is 2.34. The van der Waals surface area contributed by atoms with Gasteiger partial charge in [-0.05, 0) is 60.9 Å². The summed E-state index contributed by atoms with van der Waals surface area (Å²) in [5, 5.41) is 5.04. The summed E-state index contributed by atoms with van der Waals surface area (Å²) in [5.74, 6) is -1.55. The molecule has 0 aromatic heterocycles. The minimum Gasteiger partial charge on any atom is -0.372 e. The highest BCUT2D eigenvalue weighted by molar-refractivity contribution is 6.15. The van der Waals surface area contributed by atoms with E-state index >= 15 is 0 Å². The number of hydrogen-bond donors (Lipinski definition) is 2. The molecule has 8 heteroatoms. The SMILES string of the molecule is O=C(CN1C(=O)N/C(=C\c2ccc(N3CCCC3)cc2)C1=O)Nc1ccc(F)cc1. The second-order valence-corrected chi connectivity index (χ2v) is 7.22. The van der Waals surface area contributed by atoms with Gasteiger partial charge in [0.1, 0.15) is 18.1 Å². The molecule has 2 fully saturated rings. The molecule has 0 aliphatic carbocycles. The summed E-state index contributed by atoms with van der Waals surface area (Å²) in [4.78, 5) is 40.0. The van der Waals surface area contributed by atoms with E-state index in [1.807, 2.05) is 24.3 Å². The van der Waals surface area contributed by atoms with Crippen LogP contribution >= 0.6 is 0 Å². The zero-order chi connectivity index (χ0) is 21.1. The van der Waals surface area contributed by atoms with E-state index in [1.54, 1.807) is 6.08 Å². The van der Waals surface area contributed by atoms with Crippen molar-refractivity contribution in [2.75, 3.05) is 29.9 Å². The number of halogens is 1. The van der Waals surface area contributed by atoms with Crippen LogP contribution in [0.3, 0.4) is 0 Å². The third-order valence-corrected chi connectivity index (χ3v) is 5.07. The van der Waals surface area contributed by atoms with Crippen molar-refractivity contribution in [2.45, 2.75) is 12.8 Å². The summed E-state index contributed by atoms with van der Waals surface area (Å²) in [6.45, 7) is 1.65. The molecule has 2 heterocycles. The summed E-state index contributed by atoms with van der Waals surface area (Å²) in [7, 11) is 0. The van der Waals surface area contributed by atoms with Crippen LogP contribution < -0.4 is 15.5 Å². The van der Waals surface area contributed by atoms with Gasteiger partial charge in [0.25, 0.3) is 5.91 Å². The van der Waals surface area contributed by atoms with Crippen LogP contribution in [0.5, 0.6) is 0 Å². The fourth-order valence-corrected chi connectivity index (χ4v) is 3.52. The zero-order valence-electron chi connectivity index (χ0n) is 16.2. The predicted octanol–water partition coefficient (Wildman–Crippen LogP) is 2.96. The minimum atomic E-state index is -0.658. The normalized spacial score (nSPS) is 17.6. The van der Waals surface area contributed by atoms with E-state index < -0.39 is 30.2 Å². The lowest BCUT2D eigenvalue weighted by atomic mass is 10.1. The molecular weight excluding hydrogens is 387 g/mol. The summed E-state index contributed by atoms with van der Waals surface area (Å²) in [5.41, 5.74) is 2.40. The molecule has 30 heavy (non-hydrogen) atoms. The van der Waals surface area contributed by atoms with E-state index in [0.29, 0.717) is 5.69 Å². The standard InChI is InChI=1S/C22H21FN4O3/c23-16-5-7-17(8-6-16)24-20(28)14-27-21(29)19(25-22(27)30)13-15-3-9-18(10-4-15)26-11-1-2-12-26/h3-10,13H,1-2,11-12,14H2,(H,24,28)(H,25,30)/b19-13-. The predicted molar refractivity (Wildman–Crippen MR) is 111 cm³/mol. The lowest BCUT2D eigenvalue weighted by Crippen LogP contribution is -2.38. The monoisotopic (exact) mass is 408 g/mol. The Kier molecular flexibility index (Phi) is 5.47. The molecule has 4 amide bonds. The van der Waals surface area contributed by atoms with Crippen molar-refractivity contribution in [1.82, 2.24) is 10.2 Å². The zero-order valence-corrected chi connectivity index (χ0v) is 16.2. The maximum absolute atomic E-state index is 12.9. The van der Waals surface area contributed by atoms with Crippen LogP contribution in [0.4, 0.5) is 20.6 Å². The van der Waals surface area contributed by atoms with E-state index in [-0.39, 0.29) is 5.70 Å². The number of carbonyl (C=O) groups is 3. The molecule has 2 N–H and O–H groups in total. The number of imide groups is 1. The largest absolute Gasteiger partial charge is 0.372 e. The van der Waals surface area contributed by atoms with Gasteiger partial charge in [0.15, 0.2) is 0 Å². The molecule has 0 spiro atoms. The Bertz CT molecular complexity index is 996. The van der Waals surface area contributed by atoms with E-state index in [0.717, 1.165) is 29.2 Å². The van der Waals surface area contributed by atoms with Gasteiger partial charge in [-0.1, -0.05) is 12.1 Å². The molecule has 2 aromatic carbocycles. The van der Waals surface area contributed by atoms with Crippen molar-refractivity contribution in [3.05, 3.63) is 65.6 Å². The van der Waals surface area contributed by atoms with Gasteiger partial charge in [-0.25, -0.2) is 14.1 Å². The second-order valence-electron chi connectivity index (χ2n) is 7.22. The average molecular weight is 408 g/mol. The van der Waals surface area contributed by atoms with Crippen molar-refractivity contribution in [1.29, 1.82) is 0 Å². The first-order valence-electron chi connectivity index (χ1n) is 9.74. The maximum atomic E-state index is 12.9. The molecule has 0 saturated carbocycles. The Balaban J connectivity index is 1.40. The molecule has 2 aliphatic rings. The highest BCUT2D eigenvalue weighted by Crippen LogP contribution is 2.22. The molecule has 0 bridgehead atoms. The first-order chi connectivity index (χ1) is 14.5. The number of rotatable bonds is 5.